The molecule has 37 heavy (non-hydrogen) atoms. The van der Waals surface area contributed by atoms with Crippen molar-refractivity contribution in [3.8, 4) is 28.5 Å². The van der Waals surface area contributed by atoms with E-state index in [0.717, 1.165) is 60.5 Å². The molecular weight excluding hydrogens is 460 g/mol. The molecular formula is C29H26N8. The average Bonchev–Trinajstić information content (AvgIpc) is 3.40. The third kappa shape index (κ3) is 4.53. The largest absolute Gasteiger partial charge is 0.382 e. The molecule has 2 N–H and O–H groups in total. The Hall–Kier alpha value is -4.61. The Kier molecular flexibility index (Phi) is 6.05. The van der Waals surface area contributed by atoms with E-state index < -0.39 is 0 Å². The quantitative estimate of drug-likeness (QED) is 0.378. The second-order valence-electron chi connectivity index (χ2n) is 9.39. The van der Waals surface area contributed by atoms with Gasteiger partial charge in [-0.15, -0.1) is 0 Å². The fourth-order valence-electron chi connectivity index (χ4n) is 5.11. The standard InChI is InChI=1S/C29H26N8/c30-15-21-14-25(22-4-2-1-3-5-22)26(32-16-21)23-8-6-20(7-9-23)17-36-12-10-24(11-13-36)37-19-35-27-28(31)33-18-34-29(27)37/h1-9,14,16,18-19,24H,10-13,17H2,(H2,31,33,34). The number of likely N-dealkylation sites (tertiary alicyclic amines) is 1. The van der Waals surface area contributed by atoms with Crippen molar-refractivity contribution < 1.29 is 0 Å². The molecule has 8 nitrogen and oxygen atoms in total. The Morgan fingerprint density at radius 2 is 1.70 bits per heavy atom. The van der Waals surface area contributed by atoms with Gasteiger partial charge in [-0.25, -0.2) is 15.0 Å². The van der Waals surface area contributed by atoms with Crippen LogP contribution in [0.15, 0.2) is 79.5 Å². The first-order valence-corrected chi connectivity index (χ1v) is 12.4. The zero-order chi connectivity index (χ0) is 25.2. The molecule has 1 aliphatic heterocycles. The number of rotatable bonds is 5. The number of aromatic nitrogens is 5. The molecule has 0 radical (unpaired) electrons. The number of imidazole rings is 1. The van der Waals surface area contributed by atoms with Gasteiger partial charge in [0.1, 0.15) is 17.9 Å². The summed E-state index contributed by atoms with van der Waals surface area (Å²) in [5, 5.41) is 9.38. The lowest BCUT2D eigenvalue weighted by Gasteiger charge is -2.32. The van der Waals surface area contributed by atoms with Crippen LogP contribution in [0, 0.1) is 11.3 Å². The smallest absolute Gasteiger partial charge is 0.165 e. The van der Waals surface area contributed by atoms with Gasteiger partial charge in [0, 0.05) is 43.0 Å². The molecule has 2 aromatic carbocycles. The topological polar surface area (TPSA) is 110 Å². The van der Waals surface area contributed by atoms with Crippen molar-refractivity contribution in [3.63, 3.8) is 0 Å². The Bertz CT molecular complexity index is 1580. The van der Waals surface area contributed by atoms with Crippen molar-refractivity contribution in [1.82, 2.24) is 29.4 Å². The van der Waals surface area contributed by atoms with E-state index in [1.165, 1.54) is 11.9 Å². The second-order valence-corrected chi connectivity index (χ2v) is 9.39. The van der Waals surface area contributed by atoms with E-state index in [9.17, 15) is 5.26 Å². The molecule has 6 rings (SSSR count). The van der Waals surface area contributed by atoms with Crippen LogP contribution in [0.3, 0.4) is 0 Å². The van der Waals surface area contributed by atoms with Gasteiger partial charge in [-0.05, 0) is 30.0 Å². The molecule has 0 saturated carbocycles. The van der Waals surface area contributed by atoms with Crippen molar-refractivity contribution in [2.24, 2.45) is 0 Å². The van der Waals surface area contributed by atoms with Crippen molar-refractivity contribution in [2.45, 2.75) is 25.4 Å². The maximum absolute atomic E-state index is 9.38. The Morgan fingerprint density at radius 1 is 0.919 bits per heavy atom. The van der Waals surface area contributed by atoms with Crippen LogP contribution < -0.4 is 5.73 Å². The highest BCUT2D eigenvalue weighted by Crippen LogP contribution is 2.32. The number of nitrogens with zero attached hydrogens (tertiary/aromatic N) is 7. The molecule has 1 saturated heterocycles. The second kappa shape index (κ2) is 9.80. The van der Waals surface area contributed by atoms with Crippen LogP contribution in [-0.2, 0) is 6.54 Å². The molecule has 3 aromatic heterocycles. The van der Waals surface area contributed by atoms with Gasteiger partial charge in [0.25, 0.3) is 0 Å². The predicted molar refractivity (Wildman–Crippen MR) is 143 cm³/mol. The molecule has 8 heteroatoms. The number of fused-ring (bicyclic) bond motifs is 1. The summed E-state index contributed by atoms with van der Waals surface area (Å²) in [6.45, 7) is 2.91. The summed E-state index contributed by atoms with van der Waals surface area (Å²) in [5.41, 5.74) is 13.2. The fraction of sp³-hybridized carbons (Fsp3) is 0.207. The number of piperidine rings is 1. The Balaban J connectivity index is 1.15. The highest BCUT2D eigenvalue weighted by atomic mass is 15.2. The molecule has 0 unspecified atom stereocenters. The van der Waals surface area contributed by atoms with Crippen LogP contribution >= 0.6 is 0 Å². The van der Waals surface area contributed by atoms with Crippen molar-refractivity contribution in [1.29, 1.82) is 5.26 Å². The first kappa shape index (κ1) is 22.8. The van der Waals surface area contributed by atoms with E-state index in [-0.39, 0.29) is 0 Å². The highest BCUT2D eigenvalue weighted by Gasteiger charge is 2.23. The number of hydrogen-bond donors (Lipinski definition) is 1. The van der Waals surface area contributed by atoms with Crippen LogP contribution in [0.5, 0.6) is 0 Å². The number of nitriles is 1. The summed E-state index contributed by atoms with van der Waals surface area (Å²) in [5.74, 6) is 0.428. The number of pyridine rings is 1. The van der Waals surface area contributed by atoms with Gasteiger partial charge >= 0.3 is 0 Å². The summed E-state index contributed by atoms with van der Waals surface area (Å²) in [6, 6.07) is 23.2. The summed E-state index contributed by atoms with van der Waals surface area (Å²) in [7, 11) is 0. The average molecular weight is 487 g/mol. The van der Waals surface area contributed by atoms with Gasteiger partial charge < -0.3 is 10.3 Å². The van der Waals surface area contributed by atoms with Gasteiger partial charge in [0.05, 0.1) is 17.6 Å². The molecule has 0 spiro atoms. The zero-order valence-electron chi connectivity index (χ0n) is 20.3. The minimum atomic E-state index is 0.358. The van der Waals surface area contributed by atoms with Gasteiger partial charge in [0.2, 0.25) is 0 Å². The van der Waals surface area contributed by atoms with Crippen LogP contribution in [-0.4, -0.2) is 42.5 Å². The van der Waals surface area contributed by atoms with Gasteiger partial charge in [-0.2, -0.15) is 5.26 Å². The van der Waals surface area contributed by atoms with Crippen molar-refractivity contribution in [2.75, 3.05) is 18.8 Å². The number of benzene rings is 2. The first-order valence-electron chi connectivity index (χ1n) is 12.4. The zero-order valence-corrected chi connectivity index (χ0v) is 20.3. The lowest BCUT2D eigenvalue weighted by molar-refractivity contribution is 0.181. The molecule has 0 bridgehead atoms. The van der Waals surface area contributed by atoms with E-state index in [2.05, 4.69) is 59.7 Å². The van der Waals surface area contributed by atoms with E-state index in [1.807, 2.05) is 42.7 Å². The van der Waals surface area contributed by atoms with Crippen LogP contribution in [0.2, 0.25) is 0 Å². The molecule has 0 atom stereocenters. The number of hydrogen-bond acceptors (Lipinski definition) is 7. The summed E-state index contributed by atoms with van der Waals surface area (Å²) < 4.78 is 2.15. The summed E-state index contributed by atoms with van der Waals surface area (Å²) in [4.78, 5) is 20.0. The Labute approximate surface area is 215 Å². The van der Waals surface area contributed by atoms with Gasteiger partial charge in [-0.1, -0.05) is 54.6 Å². The SMILES string of the molecule is N#Cc1cnc(-c2ccc(CN3CCC(n4cnc5c(N)ncnc54)CC3)cc2)c(-c2ccccc2)c1. The van der Waals surface area contributed by atoms with Crippen LogP contribution in [0.4, 0.5) is 5.82 Å². The fourth-order valence-corrected chi connectivity index (χ4v) is 5.11. The predicted octanol–water partition coefficient (Wildman–Crippen LogP) is 4.85. The molecule has 1 fully saturated rings. The molecule has 0 amide bonds. The van der Waals surface area contributed by atoms with Crippen molar-refractivity contribution >= 4 is 17.0 Å². The highest BCUT2D eigenvalue weighted by molar-refractivity contribution is 5.82. The maximum Gasteiger partial charge on any atom is 0.165 e. The van der Waals surface area contributed by atoms with Gasteiger partial charge in [-0.3, -0.25) is 9.88 Å². The minimum absolute atomic E-state index is 0.358. The Morgan fingerprint density at radius 3 is 2.46 bits per heavy atom. The van der Waals surface area contributed by atoms with Crippen molar-refractivity contribution in [3.05, 3.63) is 90.6 Å². The van der Waals surface area contributed by atoms with E-state index in [4.69, 9.17) is 5.73 Å². The number of nitrogen functional groups attached to an aromatic ring is 1. The normalized spacial score (nSPS) is 14.6. The molecule has 5 aromatic rings. The van der Waals surface area contributed by atoms with E-state index >= 15 is 0 Å². The van der Waals surface area contributed by atoms with Gasteiger partial charge in [0.15, 0.2) is 11.5 Å². The van der Waals surface area contributed by atoms with Crippen LogP contribution in [0.1, 0.15) is 30.0 Å². The summed E-state index contributed by atoms with van der Waals surface area (Å²) in [6.07, 6.45) is 7.05. The molecule has 4 heterocycles. The number of anilines is 1. The number of nitrogens with two attached hydrogens (primary N) is 1. The minimum Gasteiger partial charge on any atom is -0.382 e. The lowest BCUT2D eigenvalue weighted by atomic mass is 9.97. The maximum atomic E-state index is 9.38. The van der Waals surface area contributed by atoms with Crippen LogP contribution in [0.25, 0.3) is 33.5 Å². The summed E-state index contributed by atoms with van der Waals surface area (Å²) >= 11 is 0. The van der Waals surface area contributed by atoms with E-state index in [1.54, 1.807) is 6.20 Å². The first-order chi connectivity index (χ1) is 18.2. The molecule has 0 aliphatic carbocycles. The molecule has 182 valence electrons. The third-order valence-corrected chi connectivity index (χ3v) is 7.07. The molecule has 1 aliphatic rings. The lowest BCUT2D eigenvalue weighted by Crippen LogP contribution is -2.34. The monoisotopic (exact) mass is 486 g/mol. The third-order valence-electron chi connectivity index (χ3n) is 7.07. The van der Waals surface area contributed by atoms with E-state index in [0.29, 0.717) is 22.9 Å².